The summed E-state index contributed by atoms with van der Waals surface area (Å²) in [5, 5.41) is 2.83. The van der Waals surface area contributed by atoms with Crippen LogP contribution in [0.4, 0.5) is 0 Å². The molecular formula is C23H19ClN2O2. The molecule has 1 N–H and O–H groups in total. The van der Waals surface area contributed by atoms with Crippen LogP contribution in [-0.2, 0) is 0 Å². The zero-order chi connectivity index (χ0) is 19.1. The minimum atomic E-state index is -0.316. The molecule has 4 nitrogen and oxygen atoms in total. The molecule has 3 aromatic rings. The summed E-state index contributed by atoms with van der Waals surface area (Å²) in [6.45, 7) is 0. The van der Waals surface area contributed by atoms with Gasteiger partial charge in [-0.25, -0.2) is 0 Å². The summed E-state index contributed by atoms with van der Waals surface area (Å²) in [4.78, 5) is 0. The number of hydrogen-bond donors (Lipinski definition) is 1. The number of hydrogen-bond acceptors (Lipinski definition) is 4. The summed E-state index contributed by atoms with van der Waals surface area (Å²) >= 11 is 6.09. The van der Waals surface area contributed by atoms with E-state index in [2.05, 4.69) is 34.7 Å². The van der Waals surface area contributed by atoms with Crippen LogP contribution in [0.1, 0.15) is 29.0 Å². The Kier molecular flexibility index (Phi) is 4.23. The normalized spacial score (nSPS) is 20.4. The first-order valence-electron chi connectivity index (χ1n) is 9.16. The molecule has 2 atom stereocenters. The highest BCUT2D eigenvalue weighted by Gasteiger charge is 2.41. The summed E-state index contributed by atoms with van der Waals surface area (Å²) in [5.74, 6) is 1.51. The number of rotatable bonds is 3. The SMILES string of the molecule is COc1cccc2c1OC(c1ccc(Cl)cc1)N1NC(c3ccccc3)=CC21. The molecule has 0 saturated carbocycles. The van der Waals surface area contributed by atoms with E-state index in [1.807, 2.05) is 54.6 Å². The Balaban J connectivity index is 1.62. The van der Waals surface area contributed by atoms with Crippen LogP contribution < -0.4 is 14.9 Å². The third kappa shape index (κ3) is 2.82. The number of hydrazine groups is 1. The van der Waals surface area contributed by atoms with Crippen LogP contribution in [0.15, 0.2) is 78.9 Å². The fourth-order valence-corrected chi connectivity index (χ4v) is 3.91. The van der Waals surface area contributed by atoms with Gasteiger partial charge in [-0.1, -0.05) is 66.2 Å². The van der Waals surface area contributed by atoms with Crippen molar-refractivity contribution >= 4 is 17.3 Å². The Morgan fingerprint density at radius 1 is 0.964 bits per heavy atom. The van der Waals surface area contributed by atoms with Crippen molar-refractivity contribution in [3.05, 3.63) is 101 Å². The van der Waals surface area contributed by atoms with Gasteiger partial charge in [0.05, 0.1) is 18.8 Å². The van der Waals surface area contributed by atoms with E-state index in [0.29, 0.717) is 5.02 Å². The van der Waals surface area contributed by atoms with Crippen molar-refractivity contribution in [3.8, 4) is 11.5 Å². The number of halogens is 1. The zero-order valence-corrected chi connectivity index (χ0v) is 16.1. The summed E-state index contributed by atoms with van der Waals surface area (Å²) < 4.78 is 12.0. The summed E-state index contributed by atoms with van der Waals surface area (Å²) in [7, 11) is 1.67. The van der Waals surface area contributed by atoms with E-state index in [1.165, 1.54) is 0 Å². The highest BCUT2D eigenvalue weighted by atomic mass is 35.5. The van der Waals surface area contributed by atoms with Crippen molar-refractivity contribution in [1.82, 2.24) is 10.4 Å². The fourth-order valence-electron chi connectivity index (χ4n) is 3.78. The van der Waals surface area contributed by atoms with E-state index in [1.54, 1.807) is 7.11 Å². The van der Waals surface area contributed by atoms with Crippen molar-refractivity contribution in [1.29, 1.82) is 0 Å². The second kappa shape index (κ2) is 6.89. The average Bonchev–Trinajstić information content (AvgIpc) is 3.20. The molecule has 0 radical (unpaired) electrons. The van der Waals surface area contributed by atoms with Crippen LogP contribution in [0.5, 0.6) is 11.5 Å². The molecular weight excluding hydrogens is 372 g/mol. The van der Waals surface area contributed by atoms with Gasteiger partial charge < -0.3 is 14.9 Å². The minimum Gasteiger partial charge on any atom is -0.493 e. The second-order valence-electron chi connectivity index (χ2n) is 6.81. The van der Waals surface area contributed by atoms with E-state index in [4.69, 9.17) is 21.1 Å². The molecule has 2 aliphatic rings. The fraction of sp³-hybridized carbons (Fsp3) is 0.130. The topological polar surface area (TPSA) is 33.7 Å². The number of fused-ring (bicyclic) bond motifs is 3. The predicted molar refractivity (Wildman–Crippen MR) is 110 cm³/mol. The lowest BCUT2D eigenvalue weighted by Crippen LogP contribution is -2.43. The highest BCUT2D eigenvalue weighted by molar-refractivity contribution is 6.30. The van der Waals surface area contributed by atoms with Crippen LogP contribution >= 0.6 is 11.6 Å². The Bertz CT molecular complexity index is 1030. The van der Waals surface area contributed by atoms with Crippen LogP contribution in [-0.4, -0.2) is 12.1 Å². The molecule has 3 aromatic carbocycles. The van der Waals surface area contributed by atoms with Crippen LogP contribution in [0.3, 0.4) is 0 Å². The highest BCUT2D eigenvalue weighted by Crippen LogP contribution is 2.49. The third-order valence-electron chi connectivity index (χ3n) is 5.14. The molecule has 0 aliphatic carbocycles. The summed E-state index contributed by atoms with van der Waals surface area (Å²) in [6, 6.07) is 24.1. The maximum Gasteiger partial charge on any atom is 0.196 e. The van der Waals surface area contributed by atoms with Crippen molar-refractivity contribution in [3.63, 3.8) is 0 Å². The number of ether oxygens (including phenoxy) is 2. The van der Waals surface area contributed by atoms with Gasteiger partial charge in [-0.15, -0.1) is 0 Å². The van der Waals surface area contributed by atoms with Gasteiger partial charge in [0.15, 0.2) is 17.7 Å². The first-order valence-corrected chi connectivity index (χ1v) is 9.53. The molecule has 2 heterocycles. The number of nitrogens with one attached hydrogen (secondary N) is 1. The first kappa shape index (κ1) is 17.2. The molecule has 0 amide bonds. The maximum atomic E-state index is 6.44. The Labute approximate surface area is 168 Å². The number of methoxy groups -OCH3 is 1. The quantitative estimate of drug-likeness (QED) is 0.654. The monoisotopic (exact) mass is 390 g/mol. The van der Waals surface area contributed by atoms with Gasteiger partial charge in [0.2, 0.25) is 0 Å². The van der Waals surface area contributed by atoms with Crippen LogP contribution in [0.2, 0.25) is 5.02 Å². The molecule has 0 fully saturated rings. The molecule has 0 bridgehead atoms. The maximum absolute atomic E-state index is 6.44. The van der Waals surface area contributed by atoms with E-state index >= 15 is 0 Å². The lowest BCUT2D eigenvalue weighted by molar-refractivity contribution is -0.0342. The lowest BCUT2D eigenvalue weighted by atomic mass is 10.00. The van der Waals surface area contributed by atoms with E-state index in [-0.39, 0.29) is 12.3 Å². The van der Waals surface area contributed by atoms with E-state index in [9.17, 15) is 0 Å². The number of benzene rings is 3. The smallest absolute Gasteiger partial charge is 0.196 e. The number of para-hydroxylation sites is 1. The van der Waals surface area contributed by atoms with Crippen molar-refractivity contribution in [2.75, 3.05) is 7.11 Å². The Morgan fingerprint density at radius 2 is 1.75 bits per heavy atom. The van der Waals surface area contributed by atoms with Gasteiger partial charge in [-0.2, -0.15) is 5.01 Å². The van der Waals surface area contributed by atoms with E-state index in [0.717, 1.165) is 33.9 Å². The summed E-state index contributed by atoms with van der Waals surface area (Å²) in [6.07, 6.45) is 1.92. The van der Waals surface area contributed by atoms with Crippen LogP contribution in [0.25, 0.3) is 5.70 Å². The van der Waals surface area contributed by atoms with Crippen molar-refractivity contribution in [2.24, 2.45) is 0 Å². The molecule has 28 heavy (non-hydrogen) atoms. The van der Waals surface area contributed by atoms with Gasteiger partial charge in [-0.3, -0.25) is 0 Å². The van der Waals surface area contributed by atoms with Crippen molar-refractivity contribution < 1.29 is 9.47 Å². The second-order valence-corrected chi connectivity index (χ2v) is 7.25. The van der Waals surface area contributed by atoms with Gasteiger partial charge >= 0.3 is 0 Å². The van der Waals surface area contributed by atoms with Crippen LogP contribution in [0, 0.1) is 0 Å². The zero-order valence-electron chi connectivity index (χ0n) is 15.3. The number of nitrogens with zero attached hydrogens (tertiary/aromatic N) is 1. The molecule has 5 rings (SSSR count). The lowest BCUT2D eigenvalue weighted by Gasteiger charge is -2.39. The predicted octanol–water partition coefficient (Wildman–Crippen LogP) is 5.34. The molecule has 0 aromatic heterocycles. The molecule has 0 spiro atoms. The standard InChI is InChI=1S/C23H19ClN2O2/c1-27-21-9-5-8-18-20-14-19(15-6-3-2-4-7-15)25-26(20)23(28-22(18)21)16-10-12-17(24)13-11-16/h2-14,20,23,25H,1H3. The summed E-state index contributed by atoms with van der Waals surface area (Å²) in [5.41, 5.74) is 7.83. The minimum absolute atomic E-state index is 0.0229. The Morgan fingerprint density at radius 3 is 2.50 bits per heavy atom. The third-order valence-corrected chi connectivity index (χ3v) is 5.40. The average molecular weight is 391 g/mol. The van der Waals surface area contributed by atoms with Gasteiger partial charge in [0.25, 0.3) is 0 Å². The van der Waals surface area contributed by atoms with Gasteiger partial charge in [0, 0.05) is 16.1 Å². The van der Waals surface area contributed by atoms with Crippen molar-refractivity contribution in [2.45, 2.75) is 12.3 Å². The van der Waals surface area contributed by atoms with E-state index < -0.39 is 0 Å². The largest absolute Gasteiger partial charge is 0.493 e. The first-order chi connectivity index (χ1) is 13.7. The molecule has 140 valence electrons. The Hall–Kier alpha value is -2.95. The van der Waals surface area contributed by atoms with Gasteiger partial charge in [0.1, 0.15) is 0 Å². The molecule has 0 saturated heterocycles. The molecule has 2 aliphatic heterocycles. The van der Waals surface area contributed by atoms with Gasteiger partial charge in [-0.05, 0) is 29.8 Å². The molecule has 2 unspecified atom stereocenters. The molecule has 5 heteroatoms.